The lowest BCUT2D eigenvalue weighted by Gasteiger charge is -2.27. The first-order chi connectivity index (χ1) is 74.4. The molecule has 710 valence electrons. The molecule has 6 aromatic heterocycles. The first-order valence-electron chi connectivity index (χ1n) is 50.5. The lowest BCUT2D eigenvalue weighted by molar-refractivity contribution is 0.668. The van der Waals surface area contributed by atoms with Crippen LogP contribution in [0.2, 0.25) is 0 Å². The van der Waals surface area contributed by atoms with E-state index in [9.17, 15) is 0 Å². The lowest BCUT2D eigenvalue weighted by Crippen LogP contribution is -2.10. The number of benzene rings is 23. The average Bonchev–Trinajstić information content (AvgIpc) is 1.58. The minimum absolute atomic E-state index is 0.873. The molecule has 9 nitrogen and oxygen atoms in total. The predicted molar refractivity (Wildman–Crippen MR) is 639 cm³/mol. The van der Waals surface area contributed by atoms with E-state index in [1.54, 1.807) is 0 Å². The summed E-state index contributed by atoms with van der Waals surface area (Å²) < 4.78 is 26.6. The normalized spacial score (nSPS) is 11.5. The Labute approximate surface area is 878 Å². The standard InChI is InChI=1S/2C48H32N2OS.C42H28N2OS/c1-4-14-33(15-5-1)34-26-28-37(29-27-34)49(35-16-6-2-7-17-35)43-23-12-21-41-47-42(22-13-25-46(47)52-48(41)43)50(36-18-8-3-9-19-36)38-30-31-40-39-20-10-11-24-44(39)51-45(40)32-38;1-4-13-33(14-5-1)34-23-25-37(26-24-34)49(39-27-29-41-40-19-10-11-22-45(40)51-46(41)32-39)38-28-30-47-43(31-38)42-20-12-21-44(48(42)52-47)50(35-15-6-2-7-16-35)36-17-8-3-9-18-36;1-4-14-29(15-5-1)43(30-16-6-2-7-17-30)37-23-12-21-35-41-36(22-13-25-40(41)46-42(35)37)44(31-18-8-3-9-19-31)32-26-27-34-33-20-10-11-24-38(33)45-39(34)28-32/h2*1-32H;1-28H. The van der Waals surface area contributed by atoms with Crippen molar-refractivity contribution in [1.29, 1.82) is 0 Å². The smallest absolute Gasteiger partial charge is 0.137 e. The molecule has 0 saturated heterocycles. The lowest BCUT2D eigenvalue weighted by atomic mass is 10.0. The van der Waals surface area contributed by atoms with Crippen LogP contribution in [0.5, 0.6) is 0 Å². The van der Waals surface area contributed by atoms with Crippen LogP contribution in [-0.4, -0.2) is 0 Å². The van der Waals surface area contributed by atoms with Crippen LogP contribution in [-0.2, 0) is 0 Å². The van der Waals surface area contributed by atoms with E-state index in [2.05, 4.69) is 551 Å². The highest BCUT2D eigenvalue weighted by atomic mass is 32.1. The second-order valence-electron chi connectivity index (χ2n) is 37.3. The summed E-state index contributed by atoms with van der Waals surface area (Å²) in [4.78, 5) is 14.2. The number of anilines is 18. The van der Waals surface area contributed by atoms with Crippen LogP contribution >= 0.6 is 34.0 Å². The minimum Gasteiger partial charge on any atom is -0.456 e. The van der Waals surface area contributed by atoms with E-state index in [0.29, 0.717) is 0 Å². The average molecular weight is 1980 g/mol. The van der Waals surface area contributed by atoms with Gasteiger partial charge in [0.15, 0.2) is 0 Å². The van der Waals surface area contributed by atoms with E-state index in [-0.39, 0.29) is 0 Å². The molecule has 0 radical (unpaired) electrons. The number of hydrogen-bond acceptors (Lipinski definition) is 12. The fourth-order valence-electron chi connectivity index (χ4n) is 21.5. The number of para-hydroxylation sites is 10. The van der Waals surface area contributed by atoms with E-state index >= 15 is 0 Å². The number of rotatable bonds is 20. The molecule has 0 N–H and O–H groups in total. The summed E-state index contributed by atoms with van der Waals surface area (Å²) in [7, 11) is 0. The molecule has 29 rings (SSSR count). The van der Waals surface area contributed by atoms with Gasteiger partial charge in [-0.1, -0.05) is 315 Å². The maximum Gasteiger partial charge on any atom is 0.137 e. The van der Waals surface area contributed by atoms with Gasteiger partial charge in [-0.05, 0) is 247 Å². The zero-order chi connectivity index (χ0) is 99.3. The molecule has 0 aliphatic rings. The van der Waals surface area contributed by atoms with Crippen molar-refractivity contribution in [3.8, 4) is 22.3 Å². The third-order valence-corrected chi connectivity index (χ3v) is 31.9. The van der Waals surface area contributed by atoms with Gasteiger partial charge >= 0.3 is 0 Å². The van der Waals surface area contributed by atoms with Gasteiger partial charge in [-0.15, -0.1) is 34.0 Å². The topological polar surface area (TPSA) is 58.9 Å². The molecule has 0 aliphatic heterocycles. The van der Waals surface area contributed by atoms with Crippen molar-refractivity contribution >= 4 is 263 Å². The third kappa shape index (κ3) is 16.7. The van der Waals surface area contributed by atoms with Crippen LogP contribution in [0.1, 0.15) is 0 Å². The van der Waals surface area contributed by atoms with Gasteiger partial charge in [0.2, 0.25) is 0 Å². The highest BCUT2D eigenvalue weighted by molar-refractivity contribution is 7.27. The van der Waals surface area contributed by atoms with Crippen LogP contribution in [0.15, 0.2) is 571 Å². The molecule has 29 aromatic rings. The van der Waals surface area contributed by atoms with E-state index in [0.717, 1.165) is 163 Å². The van der Waals surface area contributed by atoms with E-state index in [1.165, 1.54) is 88.5 Å². The molecule has 12 heteroatoms. The quantitative estimate of drug-likeness (QED) is 0.0743. The van der Waals surface area contributed by atoms with Gasteiger partial charge in [0.05, 0.1) is 42.5 Å². The maximum absolute atomic E-state index is 6.39. The van der Waals surface area contributed by atoms with Crippen LogP contribution in [0.4, 0.5) is 102 Å². The second-order valence-corrected chi connectivity index (χ2v) is 40.4. The van der Waals surface area contributed by atoms with E-state index in [1.807, 2.05) is 70.4 Å². The molecule has 23 aromatic carbocycles. The van der Waals surface area contributed by atoms with Crippen LogP contribution in [0.3, 0.4) is 0 Å². The Balaban J connectivity index is 0.000000111. The molecule has 0 fully saturated rings. The zero-order valence-electron chi connectivity index (χ0n) is 81.2. The van der Waals surface area contributed by atoms with E-state index in [4.69, 9.17) is 13.3 Å². The molecule has 0 atom stereocenters. The van der Waals surface area contributed by atoms with Crippen molar-refractivity contribution in [3.63, 3.8) is 0 Å². The summed E-state index contributed by atoms with van der Waals surface area (Å²) in [6, 6.07) is 198. The molecular weight excluding hydrogens is 1890 g/mol. The summed E-state index contributed by atoms with van der Waals surface area (Å²) in [5.74, 6) is 0. The largest absolute Gasteiger partial charge is 0.456 e. The molecule has 0 saturated carbocycles. The van der Waals surface area contributed by atoms with Gasteiger partial charge in [0.1, 0.15) is 33.5 Å². The molecule has 0 unspecified atom stereocenters. The molecule has 0 spiro atoms. The van der Waals surface area contributed by atoms with Crippen molar-refractivity contribution in [1.82, 2.24) is 0 Å². The van der Waals surface area contributed by atoms with Gasteiger partial charge in [-0.25, -0.2) is 0 Å². The van der Waals surface area contributed by atoms with Crippen molar-refractivity contribution in [3.05, 3.63) is 558 Å². The Kier molecular flexibility index (Phi) is 23.4. The SMILES string of the molecule is c1ccc(-c2ccc(N(c3ccc4c(c3)oc3ccccc34)c3ccc4sc5c(N(c6ccccc6)c6ccccc6)cccc5c4c3)cc2)cc1.c1ccc(-c2ccc(N(c3ccccc3)c3cccc4c3sc3cccc(N(c5ccccc5)c5ccc6c(c5)oc5ccccc56)c34)cc2)cc1.c1ccc(N(c2ccccc2)c2cccc3c2sc2cccc(N(c4ccccc4)c4ccc5c(c4)oc4ccccc45)c23)cc1. The fraction of sp³-hybridized carbons (Fsp3) is 0. The second kappa shape index (κ2) is 39.1. The van der Waals surface area contributed by atoms with Gasteiger partial charge in [0.25, 0.3) is 0 Å². The van der Waals surface area contributed by atoms with Gasteiger partial charge < -0.3 is 42.7 Å². The van der Waals surface area contributed by atoms with Gasteiger partial charge in [0, 0.05) is 171 Å². The van der Waals surface area contributed by atoms with Gasteiger partial charge in [-0.2, -0.15) is 0 Å². The first kappa shape index (κ1) is 89.7. The monoisotopic (exact) mass is 1980 g/mol. The van der Waals surface area contributed by atoms with Crippen LogP contribution in [0, 0.1) is 0 Å². The number of hydrogen-bond donors (Lipinski definition) is 0. The Bertz CT molecular complexity index is 9910. The Morgan fingerprint density at radius 3 is 0.700 bits per heavy atom. The summed E-state index contributed by atoms with van der Waals surface area (Å²) >= 11 is 5.54. The minimum atomic E-state index is 0.873. The Hall–Kier alpha value is -19.1. The first-order valence-corrected chi connectivity index (χ1v) is 52.9. The molecular formula is C138H92N6O3S3. The highest BCUT2D eigenvalue weighted by Crippen LogP contribution is 2.55. The fourth-order valence-corrected chi connectivity index (χ4v) is 25.1. The summed E-state index contributed by atoms with van der Waals surface area (Å²) in [6.45, 7) is 0. The summed E-state index contributed by atoms with van der Waals surface area (Å²) in [6.07, 6.45) is 0. The maximum atomic E-state index is 6.39. The number of thiophene rings is 3. The van der Waals surface area contributed by atoms with Crippen molar-refractivity contribution < 1.29 is 13.3 Å². The highest BCUT2D eigenvalue weighted by Gasteiger charge is 2.29. The van der Waals surface area contributed by atoms with Crippen molar-refractivity contribution in [2.45, 2.75) is 0 Å². The molecule has 0 bridgehead atoms. The van der Waals surface area contributed by atoms with Gasteiger partial charge in [-0.3, -0.25) is 0 Å². The Morgan fingerprint density at radius 1 is 0.127 bits per heavy atom. The number of nitrogens with zero attached hydrogens (tertiary/aromatic N) is 6. The zero-order valence-corrected chi connectivity index (χ0v) is 83.7. The third-order valence-electron chi connectivity index (χ3n) is 28.3. The Morgan fingerprint density at radius 2 is 0.353 bits per heavy atom. The van der Waals surface area contributed by atoms with Crippen molar-refractivity contribution in [2.75, 3.05) is 29.4 Å². The predicted octanol–water partition coefficient (Wildman–Crippen LogP) is 42.0. The molecule has 0 amide bonds. The molecule has 150 heavy (non-hydrogen) atoms. The number of furan rings is 3. The summed E-state index contributed by atoms with van der Waals surface area (Å²) in [5, 5.41) is 14.1. The summed E-state index contributed by atoms with van der Waals surface area (Å²) in [5.41, 5.74) is 30.1. The van der Waals surface area contributed by atoms with E-state index < -0.39 is 0 Å². The van der Waals surface area contributed by atoms with Crippen LogP contribution < -0.4 is 29.4 Å². The molecule has 6 heterocycles. The molecule has 0 aliphatic carbocycles. The van der Waals surface area contributed by atoms with Crippen molar-refractivity contribution in [2.24, 2.45) is 0 Å². The number of fused-ring (bicyclic) bond motifs is 18. The van der Waals surface area contributed by atoms with Crippen LogP contribution in [0.25, 0.3) is 149 Å².